The maximum Gasteiger partial charge on any atom is 0.434 e. The molecule has 0 saturated heterocycles. The smallest absolute Gasteiger partial charge is 0.434 e. The number of alkyl halides is 6. The molecule has 1 aromatic rings. The molecule has 0 amide bonds. The topological polar surface area (TPSA) is 42.4 Å². The first-order valence-corrected chi connectivity index (χ1v) is 5.93. The lowest BCUT2D eigenvalue weighted by Crippen LogP contribution is -2.25. The molecular weight excluding hydrogens is 318 g/mol. The van der Waals surface area contributed by atoms with Crippen LogP contribution in [0.15, 0.2) is 6.07 Å². The quantitative estimate of drug-likeness (QED) is 0.630. The molecule has 0 aliphatic carbocycles. The Morgan fingerprint density at radius 2 is 1.73 bits per heavy atom. The summed E-state index contributed by atoms with van der Waals surface area (Å²) in [6.07, 6.45) is -10.3. The fourth-order valence-electron chi connectivity index (χ4n) is 1.64. The van der Waals surface area contributed by atoms with E-state index in [1.54, 1.807) is 0 Å². The van der Waals surface area contributed by atoms with E-state index in [4.69, 9.17) is 0 Å². The fourth-order valence-corrected chi connectivity index (χ4v) is 1.64. The van der Waals surface area contributed by atoms with Gasteiger partial charge in [0.15, 0.2) is 5.69 Å². The molecule has 1 aromatic heterocycles. The Labute approximate surface area is 121 Å². The zero-order chi connectivity index (χ0) is 17.3. The van der Waals surface area contributed by atoms with E-state index in [2.05, 4.69) is 9.72 Å². The Kier molecular flexibility index (Phi) is 4.93. The second-order valence-electron chi connectivity index (χ2n) is 4.36. The number of pyridine rings is 1. The van der Waals surface area contributed by atoms with E-state index in [9.17, 15) is 31.1 Å². The number of aromatic nitrogens is 1. The first kappa shape index (κ1) is 18.1. The molecule has 0 saturated carbocycles. The highest BCUT2D eigenvalue weighted by molar-refractivity contribution is 5.97. The predicted molar refractivity (Wildman–Crippen MR) is 64.5 cm³/mol. The van der Waals surface area contributed by atoms with Gasteiger partial charge in [-0.1, -0.05) is 0 Å². The highest BCUT2D eigenvalue weighted by Gasteiger charge is 2.43. The lowest BCUT2D eigenvalue weighted by Gasteiger charge is -2.22. The summed E-state index contributed by atoms with van der Waals surface area (Å²) in [5, 5.41) is 0. The normalized spacial score (nSPS) is 12.2. The van der Waals surface area contributed by atoms with E-state index in [0.717, 1.165) is 4.90 Å². The summed E-state index contributed by atoms with van der Waals surface area (Å²) in [6.45, 7) is 1.13. The molecule has 0 N–H and O–H groups in total. The summed E-state index contributed by atoms with van der Waals surface area (Å²) in [5.74, 6) is -1.39. The summed E-state index contributed by atoms with van der Waals surface area (Å²) < 4.78 is 81.7. The molecule has 1 heterocycles. The zero-order valence-electron chi connectivity index (χ0n) is 11.8. The van der Waals surface area contributed by atoms with Crippen molar-refractivity contribution >= 4 is 11.7 Å². The molecule has 4 nitrogen and oxygen atoms in total. The molecule has 0 spiro atoms. The van der Waals surface area contributed by atoms with Gasteiger partial charge in [0, 0.05) is 14.1 Å². The van der Waals surface area contributed by atoms with Crippen LogP contribution in [0.4, 0.5) is 32.0 Å². The van der Waals surface area contributed by atoms with Crippen LogP contribution < -0.4 is 4.90 Å². The molecule has 124 valence electrons. The Morgan fingerprint density at radius 3 is 2.09 bits per heavy atom. The van der Waals surface area contributed by atoms with Crippen LogP contribution in [-0.4, -0.2) is 31.7 Å². The molecule has 0 unspecified atom stereocenters. The van der Waals surface area contributed by atoms with Crippen molar-refractivity contribution in [1.82, 2.24) is 4.98 Å². The molecule has 22 heavy (non-hydrogen) atoms. The van der Waals surface area contributed by atoms with Gasteiger partial charge in [-0.3, -0.25) is 0 Å². The number of carbonyl (C=O) groups excluding carboxylic acids is 1. The number of esters is 1. The van der Waals surface area contributed by atoms with Gasteiger partial charge >= 0.3 is 18.3 Å². The maximum atomic E-state index is 13.0. The summed E-state index contributed by atoms with van der Waals surface area (Å²) in [6, 6.07) is 0.376. The highest BCUT2D eigenvalue weighted by Crippen LogP contribution is 2.39. The molecule has 0 aromatic carbocycles. The Bertz CT molecular complexity index is 566. The van der Waals surface area contributed by atoms with Crippen LogP contribution >= 0.6 is 0 Å². The Hall–Kier alpha value is -2.00. The van der Waals surface area contributed by atoms with Crippen molar-refractivity contribution in [3.63, 3.8) is 0 Å². The number of hydrogen-bond acceptors (Lipinski definition) is 4. The van der Waals surface area contributed by atoms with Crippen LogP contribution in [-0.2, 0) is 17.1 Å². The zero-order valence-corrected chi connectivity index (χ0v) is 11.8. The van der Waals surface area contributed by atoms with Crippen molar-refractivity contribution in [2.24, 2.45) is 0 Å². The molecule has 0 bridgehead atoms. The third-order valence-corrected chi connectivity index (χ3v) is 2.52. The van der Waals surface area contributed by atoms with Gasteiger partial charge in [0.2, 0.25) is 0 Å². The maximum absolute atomic E-state index is 13.0. The molecule has 1 rings (SSSR count). The van der Waals surface area contributed by atoms with E-state index < -0.39 is 41.0 Å². The second-order valence-corrected chi connectivity index (χ2v) is 4.36. The van der Waals surface area contributed by atoms with Gasteiger partial charge in [-0.2, -0.15) is 26.3 Å². The molecule has 0 atom stereocenters. The van der Waals surface area contributed by atoms with Gasteiger partial charge in [-0.25, -0.2) is 9.78 Å². The number of ether oxygens (including phenoxy) is 1. The fraction of sp³-hybridized carbons (Fsp3) is 0.500. The van der Waals surface area contributed by atoms with Crippen LogP contribution in [0.5, 0.6) is 0 Å². The monoisotopic (exact) mass is 330 g/mol. The number of anilines is 1. The lowest BCUT2D eigenvalue weighted by atomic mass is 10.1. The Morgan fingerprint density at radius 1 is 1.18 bits per heavy atom. The minimum atomic E-state index is -5.24. The number of hydrogen-bond donors (Lipinski definition) is 0. The van der Waals surface area contributed by atoms with E-state index in [1.165, 1.54) is 21.0 Å². The summed E-state index contributed by atoms with van der Waals surface area (Å²) in [4.78, 5) is 15.3. The average molecular weight is 330 g/mol. The summed E-state index contributed by atoms with van der Waals surface area (Å²) in [7, 11) is 2.41. The number of rotatable bonds is 3. The second kappa shape index (κ2) is 6.01. The standard InChI is InChI=1S/C12H12F6N2O2/c1-4-22-10(21)8-6(20(2)3)5-7(11(13,14)15)19-9(8)12(16,17)18/h5H,4H2,1-3H3. The van der Waals surface area contributed by atoms with Gasteiger partial charge in [-0.05, 0) is 13.0 Å². The third-order valence-electron chi connectivity index (χ3n) is 2.52. The molecule has 0 aliphatic rings. The van der Waals surface area contributed by atoms with E-state index in [-0.39, 0.29) is 6.61 Å². The highest BCUT2D eigenvalue weighted by atomic mass is 19.4. The molecule has 0 radical (unpaired) electrons. The molecule has 0 fully saturated rings. The number of carbonyl (C=O) groups is 1. The van der Waals surface area contributed by atoms with Crippen LogP contribution in [0.25, 0.3) is 0 Å². The largest absolute Gasteiger partial charge is 0.462 e. The predicted octanol–water partition coefficient (Wildman–Crippen LogP) is 3.36. The summed E-state index contributed by atoms with van der Waals surface area (Å²) >= 11 is 0. The van der Waals surface area contributed by atoms with Gasteiger partial charge in [0.25, 0.3) is 0 Å². The van der Waals surface area contributed by atoms with E-state index in [1.807, 2.05) is 0 Å². The van der Waals surface area contributed by atoms with Crippen molar-refractivity contribution in [3.05, 3.63) is 23.0 Å². The first-order chi connectivity index (χ1) is 9.89. The van der Waals surface area contributed by atoms with Crippen molar-refractivity contribution in [2.75, 3.05) is 25.6 Å². The van der Waals surface area contributed by atoms with Crippen molar-refractivity contribution in [1.29, 1.82) is 0 Å². The van der Waals surface area contributed by atoms with Crippen LogP contribution in [0.1, 0.15) is 28.7 Å². The minimum Gasteiger partial charge on any atom is -0.462 e. The van der Waals surface area contributed by atoms with Gasteiger partial charge in [0.05, 0.1) is 12.3 Å². The van der Waals surface area contributed by atoms with Gasteiger partial charge in [0.1, 0.15) is 11.3 Å². The van der Waals surface area contributed by atoms with E-state index in [0.29, 0.717) is 6.07 Å². The van der Waals surface area contributed by atoms with Crippen molar-refractivity contribution in [3.8, 4) is 0 Å². The van der Waals surface area contributed by atoms with Crippen molar-refractivity contribution < 1.29 is 35.9 Å². The Balaban J connectivity index is 3.75. The molecule has 10 heteroatoms. The van der Waals surface area contributed by atoms with Crippen LogP contribution in [0.3, 0.4) is 0 Å². The SMILES string of the molecule is CCOC(=O)c1c(N(C)C)cc(C(F)(F)F)nc1C(F)(F)F. The molecule has 0 aliphatic heterocycles. The average Bonchev–Trinajstić information content (AvgIpc) is 2.35. The van der Waals surface area contributed by atoms with Crippen LogP contribution in [0, 0.1) is 0 Å². The van der Waals surface area contributed by atoms with Crippen LogP contribution in [0.2, 0.25) is 0 Å². The summed E-state index contributed by atoms with van der Waals surface area (Å²) in [5.41, 5.74) is -5.29. The number of nitrogens with zero attached hydrogens (tertiary/aromatic N) is 2. The third kappa shape index (κ3) is 3.80. The van der Waals surface area contributed by atoms with Gasteiger partial charge < -0.3 is 9.64 Å². The molecular formula is C12H12F6N2O2. The minimum absolute atomic E-state index is 0.232. The van der Waals surface area contributed by atoms with Gasteiger partial charge in [-0.15, -0.1) is 0 Å². The number of halogens is 6. The lowest BCUT2D eigenvalue weighted by molar-refractivity contribution is -0.150. The first-order valence-electron chi connectivity index (χ1n) is 5.93. The van der Waals surface area contributed by atoms with Crippen molar-refractivity contribution in [2.45, 2.75) is 19.3 Å². The van der Waals surface area contributed by atoms with E-state index >= 15 is 0 Å².